The monoisotopic (exact) mass is 303 g/mol. The molecule has 0 spiro atoms. The predicted molar refractivity (Wildman–Crippen MR) is 81.9 cm³/mol. The summed E-state index contributed by atoms with van der Waals surface area (Å²) >= 11 is 0. The predicted octanol–water partition coefficient (Wildman–Crippen LogP) is 0.573. The molecule has 20 heavy (non-hydrogen) atoms. The van der Waals surface area contributed by atoms with Crippen LogP contribution in [-0.2, 0) is 10.0 Å². The van der Waals surface area contributed by atoms with Crippen LogP contribution < -0.4 is 5.73 Å². The Bertz CT molecular complexity index is 406. The maximum absolute atomic E-state index is 11.5. The van der Waals surface area contributed by atoms with Crippen molar-refractivity contribution in [2.45, 2.75) is 32.7 Å². The highest BCUT2D eigenvalue weighted by Gasteiger charge is 2.34. The van der Waals surface area contributed by atoms with Gasteiger partial charge in [0.25, 0.3) is 0 Å². The van der Waals surface area contributed by atoms with Gasteiger partial charge in [0.05, 0.1) is 6.26 Å². The molecule has 1 saturated carbocycles. The summed E-state index contributed by atoms with van der Waals surface area (Å²) in [6, 6.07) is 0.293. The molecule has 0 radical (unpaired) electrons. The van der Waals surface area contributed by atoms with Crippen LogP contribution in [0.5, 0.6) is 0 Å². The molecule has 6 heteroatoms. The van der Waals surface area contributed by atoms with Crippen LogP contribution in [0.1, 0.15) is 26.7 Å². The third-order valence-corrected chi connectivity index (χ3v) is 6.30. The molecule has 2 aliphatic rings. The number of piperazine rings is 1. The molecule has 0 aromatic heterocycles. The van der Waals surface area contributed by atoms with E-state index in [2.05, 4.69) is 18.7 Å². The molecule has 118 valence electrons. The largest absolute Gasteiger partial charge is 0.327 e. The van der Waals surface area contributed by atoms with Crippen LogP contribution in [0.3, 0.4) is 0 Å². The summed E-state index contributed by atoms with van der Waals surface area (Å²) in [5.74, 6) is 1.95. The van der Waals surface area contributed by atoms with Crippen LogP contribution in [0.25, 0.3) is 0 Å². The minimum absolute atomic E-state index is 0.293. The van der Waals surface area contributed by atoms with E-state index < -0.39 is 10.0 Å². The van der Waals surface area contributed by atoms with Gasteiger partial charge >= 0.3 is 0 Å². The first kappa shape index (κ1) is 16.2. The quantitative estimate of drug-likeness (QED) is 0.828. The lowest BCUT2D eigenvalue weighted by Crippen LogP contribution is -2.53. The second-order valence-electron chi connectivity index (χ2n) is 6.84. The van der Waals surface area contributed by atoms with Crippen molar-refractivity contribution in [2.24, 2.45) is 23.5 Å². The summed E-state index contributed by atoms with van der Waals surface area (Å²) in [6.07, 6.45) is 3.68. The minimum Gasteiger partial charge on any atom is -0.327 e. The Kier molecular flexibility index (Phi) is 5.10. The number of hydrogen-bond donors (Lipinski definition) is 1. The maximum atomic E-state index is 11.5. The van der Waals surface area contributed by atoms with Gasteiger partial charge in [0, 0.05) is 38.8 Å². The first-order chi connectivity index (χ1) is 9.27. The van der Waals surface area contributed by atoms with E-state index >= 15 is 0 Å². The Hall–Kier alpha value is -0.170. The van der Waals surface area contributed by atoms with Gasteiger partial charge in [-0.1, -0.05) is 13.8 Å². The molecular weight excluding hydrogens is 274 g/mol. The van der Waals surface area contributed by atoms with Gasteiger partial charge in [0.1, 0.15) is 0 Å². The van der Waals surface area contributed by atoms with Gasteiger partial charge in [-0.15, -0.1) is 0 Å². The average Bonchev–Trinajstić information content (AvgIpc) is 2.33. The molecule has 1 aliphatic carbocycles. The summed E-state index contributed by atoms with van der Waals surface area (Å²) in [5, 5.41) is 0. The molecular formula is C14H29N3O2S. The third kappa shape index (κ3) is 3.93. The molecule has 1 heterocycles. The highest BCUT2D eigenvalue weighted by atomic mass is 32.2. The lowest BCUT2D eigenvalue weighted by atomic mass is 9.72. The molecule has 1 saturated heterocycles. The summed E-state index contributed by atoms with van der Waals surface area (Å²) in [5.41, 5.74) is 6.34. The Morgan fingerprint density at radius 3 is 2.20 bits per heavy atom. The van der Waals surface area contributed by atoms with Crippen molar-refractivity contribution >= 4 is 10.0 Å². The van der Waals surface area contributed by atoms with Gasteiger partial charge in [-0.05, 0) is 30.6 Å². The zero-order valence-corrected chi connectivity index (χ0v) is 13.8. The van der Waals surface area contributed by atoms with Crippen molar-refractivity contribution in [3.05, 3.63) is 0 Å². The number of rotatable bonds is 3. The molecule has 2 fully saturated rings. The summed E-state index contributed by atoms with van der Waals surface area (Å²) in [7, 11) is -3.03. The highest BCUT2D eigenvalue weighted by molar-refractivity contribution is 7.88. The van der Waals surface area contributed by atoms with Crippen molar-refractivity contribution in [1.29, 1.82) is 0 Å². The molecule has 1 aliphatic heterocycles. The summed E-state index contributed by atoms with van der Waals surface area (Å²) in [6.45, 7) is 8.52. The van der Waals surface area contributed by atoms with E-state index in [0.29, 0.717) is 31.0 Å². The zero-order chi connectivity index (χ0) is 14.9. The lowest BCUT2D eigenvalue weighted by Gasteiger charge is -2.42. The molecule has 5 nitrogen and oxygen atoms in total. The van der Waals surface area contributed by atoms with Gasteiger partial charge in [-0.2, -0.15) is 4.31 Å². The molecule has 0 bridgehead atoms. The van der Waals surface area contributed by atoms with E-state index in [9.17, 15) is 8.42 Å². The van der Waals surface area contributed by atoms with E-state index in [4.69, 9.17) is 5.73 Å². The van der Waals surface area contributed by atoms with Gasteiger partial charge in [0.2, 0.25) is 10.0 Å². The van der Waals surface area contributed by atoms with Crippen LogP contribution in [0.15, 0.2) is 0 Å². The second-order valence-corrected chi connectivity index (χ2v) is 8.83. The van der Waals surface area contributed by atoms with E-state index in [1.807, 2.05) is 0 Å². The summed E-state index contributed by atoms with van der Waals surface area (Å²) in [4.78, 5) is 2.39. The van der Waals surface area contributed by atoms with Crippen LogP contribution in [-0.4, -0.2) is 62.6 Å². The number of nitrogens with zero attached hydrogens (tertiary/aromatic N) is 2. The number of nitrogens with two attached hydrogens (primary N) is 1. The topological polar surface area (TPSA) is 66.6 Å². The molecule has 4 unspecified atom stereocenters. The fraction of sp³-hybridized carbons (Fsp3) is 1.00. The smallest absolute Gasteiger partial charge is 0.211 e. The van der Waals surface area contributed by atoms with Crippen LogP contribution in [0.4, 0.5) is 0 Å². The molecule has 2 N–H and O–H groups in total. The zero-order valence-electron chi connectivity index (χ0n) is 13.0. The fourth-order valence-electron chi connectivity index (χ4n) is 3.82. The molecule has 0 aromatic rings. The number of sulfonamides is 1. The van der Waals surface area contributed by atoms with Crippen molar-refractivity contribution in [2.75, 3.05) is 39.0 Å². The average molecular weight is 303 g/mol. The highest BCUT2D eigenvalue weighted by Crippen LogP contribution is 2.33. The first-order valence-corrected chi connectivity index (χ1v) is 9.55. The van der Waals surface area contributed by atoms with E-state index in [1.165, 1.54) is 12.7 Å². The second kappa shape index (κ2) is 6.30. The van der Waals surface area contributed by atoms with Crippen molar-refractivity contribution in [3.8, 4) is 0 Å². The van der Waals surface area contributed by atoms with Crippen LogP contribution in [0, 0.1) is 17.8 Å². The normalized spacial score (nSPS) is 38.0. The van der Waals surface area contributed by atoms with E-state index in [1.54, 1.807) is 4.31 Å². The SMILES string of the molecule is CC1CC(C)C(CN2CCN(S(C)(=O)=O)CC2)C(N)C1. The standard InChI is InChI=1S/C14H29N3O2S/c1-11-8-12(2)13(14(15)9-11)10-16-4-6-17(7-5-16)20(3,18)19/h11-14H,4-10,15H2,1-3H3. The third-order valence-electron chi connectivity index (χ3n) is 5.00. The fourth-order valence-corrected chi connectivity index (χ4v) is 4.65. The number of hydrogen-bond acceptors (Lipinski definition) is 4. The van der Waals surface area contributed by atoms with Crippen molar-refractivity contribution in [3.63, 3.8) is 0 Å². The van der Waals surface area contributed by atoms with Gasteiger partial charge in [-0.3, -0.25) is 0 Å². The molecule has 0 aromatic carbocycles. The Morgan fingerprint density at radius 2 is 1.70 bits per heavy atom. The van der Waals surface area contributed by atoms with Crippen molar-refractivity contribution in [1.82, 2.24) is 9.21 Å². The molecule has 2 rings (SSSR count). The van der Waals surface area contributed by atoms with Gasteiger partial charge < -0.3 is 10.6 Å². The van der Waals surface area contributed by atoms with E-state index in [-0.39, 0.29) is 0 Å². The Labute approximate surface area is 123 Å². The molecule has 4 atom stereocenters. The maximum Gasteiger partial charge on any atom is 0.211 e. The van der Waals surface area contributed by atoms with Gasteiger partial charge in [0.15, 0.2) is 0 Å². The lowest BCUT2D eigenvalue weighted by molar-refractivity contribution is 0.0973. The van der Waals surface area contributed by atoms with E-state index in [0.717, 1.165) is 32.0 Å². The van der Waals surface area contributed by atoms with Crippen LogP contribution in [0.2, 0.25) is 0 Å². The van der Waals surface area contributed by atoms with Crippen LogP contribution >= 0.6 is 0 Å². The summed E-state index contributed by atoms with van der Waals surface area (Å²) < 4.78 is 24.6. The van der Waals surface area contributed by atoms with Gasteiger partial charge in [-0.25, -0.2) is 8.42 Å². The molecule has 0 amide bonds. The Balaban J connectivity index is 1.86. The van der Waals surface area contributed by atoms with Crippen molar-refractivity contribution < 1.29 is 8.42 Å². The Morgan fingerprint density at radius 1 is 1.10 bits per heavy atom. The minimum atomic E-state index is -3.03. The first-order valence-electron chi connectivity index (χ1n) is 7.70.